The normalized spacial score (nSPS) is 11.8. The molecule has 0 bridgehead atoms. The van der Waals surface area contributed by atoms with E-state index in [0.717, 1.165) is 32.2 Å². The van der Waals surface area contributed by atoms with Crippen LogP contribution in [0.4, 0.5) is 0 Å². The van der Waals surface area contributed by atoms with Crippen LogP contribution in [0.25, 0.3) is 21.5 Å². The highest BCUT2D eigenvalue weighted by atomic mass is 31.4. The molecule has 180 valence electrons. The van der Waals surface area contributed by atoms with Gasteiger partial charge < -0.3 is 10.2 Å². The number of phenols is 2. The van der Waals surface area contributed by atoms with Gasteiger partial charge in [0, 0.05) is 10.6 Å². The van der Waals surface area contributed by atoms with Crippen LogP contribution in [0, 0.1) is 0 Å². The summed E-state index contributed by atoms with van der Waals surface area (Å²) in [7, 11) is -3.92. The first-order valence-electron chi connectivity index (χ1n) is 12.4. The van der Waals surface area contributed by atoms with E-state index in [1.54, 1.807) is 0 Å². The highest BCUT2D eigenvalue weighted by Crippen LogP contribution is 2.51. The summed E-state index contributed by atoms with van der Waals surface area (Å²) in [4.78, 5) is 0. The van der Waals surface area contributed by atoms with Crippen LogP contribution in [-0.2, 0) is 0 Å². The lowest BCUT2D eigenvalue weighted by molar-refractivity contribution is 0.480. The summed E-state index contributed by atoms with van der Waals surface area (Å²) in [5.41, 5.74) is 0. The zero-order chi connectivity index (χ0) is 25.4. The molecule has 0 aliphatic carbocycles. The molecule has 2 nitrogen and oxygen atoms in total. The van der Waals surface area contributed by atoms with Crippen molar-refractivity contribution >= 4 is 57.7 Å². The first kappa shape index (κ1) is 23.5. The van der Waals surface area contributed by atoms with Gasteiger partial charge in [-0.2, -0.15) is 0 Å². The molecule has 0 fully saturated rings. The summed E-state index contributed by atoms with van der Waals surface area (Å²) >= 11 is 0. The average molecular weight is 515 g/mol. The number of phenolic OH excluding ortho intramolecular Hbond substituents is 2. The Bertz CT molecular complexity index is 1590. The largest absolute Gasteiger partial charge is 0.507 e. The van der Waals surface area contributed by atoms with E-state index in [-0.39, 0.29) is 11.5 Å². The Kier molecular flexibility index (Phi) is 6.04. The molecule has 0 saturated carbocycles. The third-order valence-corrected chi connectivity index (χ3v) is 18.5. The Morgan fingerprint density at radius 1 is 0.459 bits per heavy atom. The van der Waals surface area contributed by atoms with E-state index in [9.17, 15) is 10.2 Å². The topological polar surface area (TPSA) is 40.5 Å². The van der Waals surface area contributed by atoms with E-state index in [1.165, 1.54) is 10.4 Å². The third-order valence-electron chi connectivity index (χ3n) is 7.32. The van der Waals surface area contributed by atoms with Gasteiger partial charge in [0.1, 0.15) is 11.5 Å². The van der Waals surface area contributed by atoms with Crippen molar-refractivity contribution in [2.45, 2.75) is 6.55 Å². The third kappa shape index (κ3) is 3.92. The van der Waals surface area contributed by atoms with Gasteiger partial charge >= 0.3 is 0 Å². The molecule has 0 atom stereocenters. The lowest BCUT2D eigenvalue weighted by Gasteiger charge is -2.39. The zero-order valence-corrected chi connectivity index (χ0v) is 22.4. The smallest absolute Gasteiger partial charge is 0.150 e. The summed E-state index contributed by atoms with van der Waals surface area (Å²) in [5.74, 6) is 0.561. The lowest BCUT2D eigenvalue weighted by Crippen LogP contribution is -2.57. The molecule has 0 unspecified atom stereocenters. The SMILES string of the molecule is C[Si](c1ccccc1)(c1ccccc1)P(c1c(O)ccc2ccccc12)c1c(O)ccc2ccccc12. The van der Waals surface area contributed by atoms with Crippen LogP contribution in [-0.4, -0.2) is 18.0 Å². The summed E-state index contributed by atoms with van der Waals surface area (Å²) in [5, 5.41) is 31.9. The van der Waals surface area contributed by atoms with E-state index >= 15 is 0 Å². The van der Waals surface area contributed by atoms with E-state index in [2.05, 4.69) is 91.5 Å². The van der Waals surface area contributed by atoms with Crippen molar-refractivity contribution in [3.8, 4) is 11.5 Å². The van der Waals surface area contributed by atoms with Crippen LogP contribution in [0.15, 0.2) is 133 Å². The second-order valence-corrected chi connectivity index (χ2v) is 18.3. The van der Waals surface area contributed by atoms with Crippen molar-refractivity contribution < 1.29 is 10.2 Å². The van der Waals surface area contributed by atoms with Crippen LogP contribution >= 0.6 is 7.47 Å². The summed E-state index contributed by atoms with van der Waals surface area (Å²) in [6.45, 7) is 2.39. The predicted molar refractivity (Wildman–Crippen MR) is 161 cm³/mol. The second kappa shape index (κ2) is 9.52. The minimum Gasteiger partial charge on any atom is -0.507 e. The van der Waals surface area contributed by atoms with Gasteiger partial charge in [0.15, 0.2) is 7.74 Å². The molecule has 0 radical (unpaired) electrons. The maximum Gasteiger partial charge on any atom is 0.150 e. The van der Waals surface area contributed by atoms with E-state index < -0.39 is 15.2 Å². The second-order valence-electron chi connectivity index (χ2n) is 9.45. The van der Waals surface area contributed by atoms with Gasteiger partial charge in [-0.15, -0.1) is 0 Å². The molecule has 6 aromatic carbocycles. The van der Waals surface area contributed by atoms with E-state index in [0.29, 0.717) is 0 Å². The van der Waals surface area contributed by atoms with E-state index in [4.69, 9.17) is 0 Å². The molecule has 2 N–H and O–H groups in total. The van der Waals surface area contributed by atoms with Gasteiger partial charge in [-0.25, -0.2) is 0 Å². The van der Waals surface area contributed by atoms with Crippen molar-refractivity contribution in [1.29, 1.82) is 0 Å². The Hall–Kier alpha value is -3.91. The summed E-state index contributed by atoms with van der Waals surface area (Å²) < 4.78 is 0. The number of benzene rings is 6. The van der Waals surface area contributed by atoms with E-state index in [1.807, 2.05) is 48.5 Å². The minimum absolute atomic E-state index is 0.280. The van der Waals surface area contributed by atoms with Crippen molar-refractivity contribution in [1.82, 2.24) is 0 Å². The van der Waals surface area contributed by atoms with Crippen molar-refractivity contribution in [2.24, 2.45) is 0 Å². The standard InChI is InChI=1S/C33H27O2PSi/c1-37(26-14-4-2-5-15-26,27-16-6-3-7-17-27)36(32-28-18-10-8-12-24(28)20-22-30(32)34)33-29-19-11-9-13-25(29)21-23-31(33)35/h2-23,34-35H,1H3. The highest BCUT2D eigenvalue weighted by Gasteiger charge is 2.45. The number of hydrogen-bond donors (Lipinski definition) is 2. The molecule has 6 rings (SSSR count). The Balaban J connectivity index is 1.82. The Morgan fingerprint density at radius 2 is 0.838 bits per heavy atom. The van der Waals surface area contributed by atoms with Crippen LogP contribution in [0.2, 0.25) is 6.55 Å². The molecule has 37 heavy (non-hydrogen) atoms. The minimum atomic E-state index is -2.67. The van der Waals surface area contributed by atoms with Crippen molar-refractivity contribution in [2.75, 3.05) is 0 Å². The lowest BCUT2D eigenvalue weighted by atomic mass is 10.1. The fourth-order valence-electron chi connectivity index (χ4n) is 5.47. The number of hydrogen-bond acceptors (Lipinski definition) is 2. The van der Waals surface area contributed by atoms with Gasteiger partial charge in [-0.3, -0.25) is 0 Å². The fourth-order valence-corrected chi connectivity index (χ4v) is 17.2. The maximum absolute atomic E-state index is 11.6. The molecular weight excluding hydrogens is 487 g/mol. The monoisotopic (exact) mass is 514 g/mol. The molecular formula is C33H27O2PSi. The van der Waals surface area contributed by atoms with Gasteiger partial charge in [-0.05, 0) is 51.5 Å². The molecule has 0 aliphatic rings. The molecule has 0 spiro atoms. The number of aromatic hydroxyl groups is 2. The van der Waals surface area contributed by atoms with Crippen LogP contribution in [0.1, 0.15) is 0 Å². The maximum atomic E-state index is 11.6. The van der Waals surface area contributed by atoms with Gasteiger partial charge in [0.05, 0.1) is 0 Å². The summed E-state index contributed by atoms with van der Waals surface area (Å²) in [6, 6.07) is 45.5. The van der Waals surface area contributed by atoms with Crippen molar-refractivity contribution in [3.63, 3.8) is 0 Å². The molecule has 4 heteroatoms. The van der Waals surface area contributed by atoms with Crippen LogP contribution in [0.5, 0.6) is 11.5 Å². The average Bonchev–Trinajstić information content (AvgIpc) is 2.96. The first-order valence-corrected chi connectivity index (χ1v) is 17.1. The molecule has 6 aromatic rings. The quantitative estimate of drug-likeness (QED) is 0.212. The molecule has 0 saturated heterocycles. The molecule has 0 aliphatic heterocycles. The van der Waals surface area contributed by atoms with Gasteiger partial charge in [-0.1, -0.05) is 128 Å². The van der Waals surface area contributed by atoms with Gasteiger partial charge in [0.2, 0.25) is 0 Å². The first-order chi connectivity index (χ1) is 18.1. The number of rotatable bonds is 5. The summed E-state index contributed by atoms with van der Waals surface area (Å²) in [6.07, 6.45) is 0. The zero-order valence-electron chi connectivity index (χ0n) is 20.5. The van der Waals surface area contributed by atoms with Gasteiger partial charge in [0.25, 0.3) is 0 Å². The Morgan fingerprint density at radius 3 is 1.27 bits per heavy atom. The fraction of sp³-hybridized carbons (Fsp3) is 0.0303. The van der Waals surface area contributed by atoms with Crippen molar-refractivity contribution in [3.05, 3.63) is 133 Å². The molecule has 0 heterocycles. The molecule has 0 amide bonds. The van der Waals surface area contributed by atoms with Crippen LogP contribution in [0.3, 0.4) is 0 Å². The highest BCUT2D eigenvalue weighted by molar-refractivity contribution is 8.09. The predicted octanol–water partition coefficient (Wildman–Crippen LogP) is 6.23. The number of fused-ring (bicyclic) bond motifs is 2. The Labute approximate surface area is 219 Å². The van der Waals surface area contributed by atoms with Crippen LogP contribution < -0.4 is 21.0 Å². The molecule has 0 aromatic heterocycles.